The smallest absolute Gasteiger partial charge is 0.294 e. The number of Topliss-reactive ketones (excluding diaryl/α,β-unsaturated/α-hetero) is 1. The molecule has 3 aromatic rings. The largest absolute Gasteiger partial charge is 0.417 e. The Labute approximate surface area is 166 Å². The van der Waals surface area contributed by atoms with E-state index in [0.29, 0.717) is 17.9 Å². The Bertz CT molecular complexity index is 968. The third kappa shape index (κ3) is 4.98. The number of ketones is 1. The number of hydrogen-bond donors (Lipinski definition) is 0. The molecule has 144 valence electrons. The molecule has 0 aliphatic heterocycles. The molecule has 0 amide bonds. The lowest BCUT2D eigenvalue weighted by Gasteiger charge is -2.11. The van der Waals surface area contributed by atoms with E-state index in [-0.39, 0.29) is 12.0 Å². The van der Waals surface area contributed by atoms with Crippen LogP contribution in [0.4, 0.5) is 13.2 Å². The molecule has 3 rings (SSSR count). The summed E-state index contributed by atoms with van der Waals surface area (Å²) in [5, 5.41) is 0.555. The number of nitrogens with zero attached hydrogens (tertiary/aromatic N) is 1. The molecule has 6 heteroatoms. The van der Waals surface area contributed by atoms with Gasteiger partial charge in [-0.3, -0.25) is 9.78 Å². The molecular formula is C22H17ClF3NO. The molecule has 0 fully saturated rings. The third-order valence-corrected chi connectivity index (χ3v) is 4.60. The molecular weight excluding hydrogens is 387 g/mol. The van der Waals surface area contributed by atoms with Crippen molar-refractivity contribution >= 4 is 17.4 Å². The Hall–Kier alpha value is -2.66. The van der Waals surface area contributed by atoms with Crippen LogP contribution in [0.1, 0.15) is 34.3 Å². The van der Waals surface area contributed by atoms with Gasteiger partial charge in [0.15, 0.2) is 5.78 Å². The maximum Gasteiger partial charge on any atom is 0.417 e. The van der Waals surface area contributed by atoms with E-state index in [0.717, 1.165) is 22.8 Å². The predicted molar refractivity (Wildman–Crippen MR) is 103 cm³/mol. The van der Waals surface area contributed by atoms with Gasteiger partial charge in [-0.1, -0.05) is 54.1 Å². The zero-order chi connectivity index (χ0) is 20.1. The predicted octanol–water partition coefficient (Wildman–Crippen LogP) is 6.63. The highest BCUT2D eigenvalue weighted by molar-refractivity contribution is 6.30. The molecule has 0 unspecified atom stereocenters. The van der Waals surface area contributed by atoms with E-state index in [2.05, 4.69) is 4.98 Å². The van der Waals surface area contributed by atoms with Crippen LogP contribution in [-0.2, 0) is 12.6 Å². The van der Waals surface area contributed by atoms with E-state index in [1.54, 1.807) is 12.4 Å². The van der Waals surface area contributed by atoms with Gasteiger partial charge in [0, 0.05) is 29.9 Å². The van der Waals surface area contributed by atoms with Crippen molar-refractivity contribution in [3.8, 4) is 11.1 Å². The maximum atomic E-state index is 13.0. The van der Waals surface area contributed by atoms with Crippen LogP contribution in [0.3, 0.4) is 0 Å². The van der Waals surface area contributed by atoms with Gasteiger partial charge in [0.2, 0.25) is 0 Å². The number of halogens is 4. The Morgan fingerprint density at radius 1 is 0.964 bits per heavy atom. The number of alkyl halides is 3. The minimum Gasteiger partial charge on any atom is -0.294 e. The van der Waals surface area contributed by atoms with E-state index in [1.165, 1.54) is 18.2 Å². The molecule has 28 heavy (non-hydrogen) atoms. The molecule has 0 aliphatic carbocycles. The zero-order valence-electron chi connectivity index (χ0n) is 14.8. The Balaban J connectivity index is 1.61. The molecule has 1 aromatic heterocycles. The van der Waals surface area contributed by atoms with E-state index < -0.39 is 17.5 Å². The van der Waals surface area contributed by atoms with Crippen LogP contribution in [0.5, 0.6) is 0 Å². The molecule has 0 radical (unpaired) electrons. The number of hydrogen-bond acceptors (Lipinski definition) is 2. The van der Waals surface area contributed by atoms with Gasteiger partial charge in [0.05, 0.1) is 10.6 Å². The van der Waals surface area contributed by atoms with Crippen LogP contribution >= 0.6 is 11.6 Å². The van der Waals surface area contributed by atoms with E-state index in [9.17, 15) is 18.0 Å². The van der Waals surface area contributed by atoms with Crippen molar-refractivity contribution in [3.63, 3.8) is 0 Å². The lowest BCUT2D eigenvalue weighted by molar-refractivity contribution is -0.137. The molecule has 2 aromatic carbocycles. The zero-order valence-corrected chi connectivity index (χ0v) is 15.6. The van der Waals surface area contributed by atoms with Gasteiger partial charge >= 0.3 is 6.18 Å². The summed E-state index contributed by atoms with van der Waals surface area (Å²) in [6.07, 6.45) is -0.105. The summed E-state index contributed by atoms with van der Waals surface area (Å²) in [6, 6.07) is 14.5. The average Bonchev–Trinajstić information content (AvgIpc) is 2.68. The lowest BCUT2D eigenvalue weighted by Crippen LogP contribution is -2.13. The maximum absolute atomic E-state index is 13.0. The molecule has 0 bridgehead atoms. The van der Waals surface area contributed by atoms with Gasteiger partial charge in [0.25, 0.3) is 0 Å². The van der Waals surface area contributed by atoms with Crippen LogP contribution in [-0.4, -0.2) is 10.8 Å². The average molecular weight is 404 g/mol. The standard InChI is InChI=1S/C22H17ClF3NO/c23-18-12-17(13-27-14-18)16-10-8-15(9-11-16)4-3-7-21(28)19-5-1-2-6-20(19)22(24,25)26/h1-2,5-6,8-14H,3-4,7H2. The summed E-state index contributed by atoms with van der Waals surface area (Å²) in [4.78, 5) is 16.3. The Morgan fingerprint density at radius 3 is 2.36 bits per heavy atom. The van der Waals surface area contributed by atoms with Gasteiger partial charge in [0.1, 0.15) is 0 Å². The highest BCUT2D eigenvalue weighted by atomic mass is 35.5. The molecule has 0 aliphatic rings. The molecule has 0 spiro atoms. The molecule has 0 atom stereocenters. The third-order valence-electron chi connectivity index (χ3n) is 4.39. The summed E-state index contributed by atoms with van der Waals surface area (Å²) >= 11 is 5.95. The van der Waals surface area contributed by atoms with Gasteiger partial charge in [-0.25, -0.2) is 0 Å². The highest BCUT2D eigenvalue weighted by Crippen LogP contribution is 2.32. The van der Waals surface area contributed by atoms with Gasteiger partial charge in [-0.05, 0) is 36.1 Å². The summed E-state index contributed by atoms with van der Waals surface area (Å²) in [5.74, 6) is -0.491. The van der Waals surface area contributed by atoms with Crippen LogP contribution in [0, 0.1) is 0 Å². The number of pyridine rings is 1. The molecule has 0 saturated carbocycles. The number of benzene rings is 2. The second-order valence-electron chi connectivity index (χ2n) is 6.41. The van der Waals surface area contributed by atoms with Crippen molar-refractivity contribution in [2.45, 2.75) is 25.4 Å². The second-order valence-corrected chi connectivity index (χ2v) is 6.85. The van der Waals surface area contributed by atoms with Crippen LogP contribution in [0.25, 0.3) is 11.1 Å². The van der Waals surface area contributed by atoms with Crippen molar-refractivity contribution in [1.82, 2.24) is 4.98 Å². The first-order chi connectivity index (χ1) is 13.3. The molecule has 1 heterocycles. The minimum absolute atomic E-state index is 0.0626. The minimum atomic E-state index is -4.53. The Kier molecular flexibility index (Phi) is 6.15. The molecule has 2 nitrogen and oxygen atoms in total. The second kappa shape index (κ2) is 8.57. The van der Waals surface area contributed by atoms with E-state index >= 15 is 0 Å². The van der Waals surface area contributed by atoms with Crippen molar-refractivity contribution < 1.29 is 18.0 Å². The fourth-order valence-electron chi connectivity index (χ4n) is 2.99. The van der Waals surface area contributed by atoms with Crippen LogP contribution in [0.2, 0.25) is 5.02 Å². The lowest BCUT2D eigenvalue weighted by atomic mass is 9.97. The highest BCUT2D eigenvalue weighted by Gasteiger charge is 2.34. The van der Waals surface area contributed by atoms with Gasteiger partial charge < -0.3 is 0 Å². The molecule has 0 N–H and O–H groups in total. The fourth-order valence-corrected chi connectivity index (χ4v) is 3.17. The van der Waals surface area contributed by atoms with E-state index in [4.69, 9.17) is 11.6 Å². The SMILES string of the molecule is O=C(CCCc1ccc(-c2cncc(Cl)c2)cc1)c1ccccc1C(F)(F)F. The summed E-state index contributed by atoms with van der Waals surface area (Å²) in [7, 11) is 0. The topological polar surface area (TPSA) is 30.0 Å². The van der Waals surface area contributed by atoms with Crippen molar-refractivity contribution in [1.29, 1.82) is 0 Å². The molecule has 0 saturated heterocycles. The Morgan fingerprint density at radius 2 is 1.68 bits per heavy atom. The number of aryl methyl sites for hydroxylation is 1. The summed E-state index contributed by atoms with van der Waals surface area (Å²) in [6.45, 7) is 0. The first-order valence-corrected chi connectivity index (χ1v) is 9.11. The monoisotopic (exact) mass is 403 g/mol. The fraction of sp³-hybridized carbons (Fsp3) is 0.182. The first kappa shape index (κ1) is 20.1. The van der Waals surface area contributed by atoms with Gasteiger partial charge in [-0.2, -0.15) is 13.2 Å². The van der Waals surface area contributed by atoms with Crippen molar-refractivity contribution in [2.24, 2.45) is 0 Å². The summed E-state index contributed by atoms with van der Waals surface area (Å²) in [5.41, 5.74) is 1.74. The number of carbonyl (C=O) groups is 1. The van der Waals surface area contributed by atoms with Gasteiger partial charge in [-0.15, -0.1) is 0 Å². The van der Waals surface area contributed by atoms with Crippen LogP contribution < -0.4 is 0 Å². The van der Waals surface area contributed by atoms with Crippen molar-refractivity contribution in [2.75, 3.05) is 0 Å². The number of aromatic nitrogens is 1. The number of rotatable bonds is 6. The normalized spacial score (nSPS) is 11.4. The van der Waals surface area contributed by atoms with Crippen LogP contribution in [0.15, 0.2) is 67.0 Å². The quantitative estimate of drug-likeness (QED) is 0.432. The number of carbonyl (C=O) groups excluding carboxylic acids is 1. The van der Waals surface area contributed by atoms with Crippen molar-refractivity contribution in [3.05, 3.63) is 88.7 Å². The summed E-state index contributed by atoms with van der Waals surface area (Å²) < 4.78 is 39.1. The van der Waals surface area contributed by atoms with E-state index in [1.807, 2.05) is 30.3 Å². The first-order valence-electron chi connectivity index (χ1n) is 8.74.